The van der Waals surface area contributed by atoms with Gasteiger partial charge in [0.1, 0.15) is 5.82 Å². The van der Waals surface area contributed by atoms with Crippen molar-refractivity contribution in [1.82, 2.24) is 4.98 Å². The van der Waals surface area contributed by atoms with Crippen molar-refractivity contribution in [2.45, 2.75) is 0 Å². The third-order valence-electron chi connectivity index (χ3n) is 3.18. The van der Waals surface area contributed by atoms with Crippen LogP contribution < -0.4 is 0 Å². The number of fused-ring (bicyclic) bond motifs is 1. The predicted molar refractivity (Wildman–Crippen MR) is 81.5 cm³/mol. The van der Waals surface area contributed by atoms with E-state index in [1.807, 2.05) is 30.3 Å². The molecule has 0 amide bonds. The molecule has 3 heteroatoms. The minimum absolute atomic E-state index is 0.152. The van der Waals surface area contributed by atoms with Gasteiger partial charge in [0.05, 0.1) is 5.52 Å². The number of rotatable bonds is 3. The van der Waals surface area contributed by atoms with E-state index in [9.17, 15) is 9.18 Å². The molecule has 0 radical (unpaired) electrons. The molecule has 0 aliphatic carbocycles. The van der Waals surface area contributed by atoms with Gasteiger partial charge in [-0.15, -0.1) is 0 Å². The Hall–Kier alpha value is -2.81. The SMILES string of the molecule is O=C(/C=C/c1ccc2ncccc2c1)c1ccc(F)cc1. The number of nitrogens with zero attached hydrogens (tertiary/aromatic N) is 1. The maximum atomic E-state index is 12.8. The van der Waals surface area contributed by atoms with Crippen LogP contribution in [-0.2, 0) is 0 Å². The molecule has 1 heterocycles. The van der Waals surface area contributed by atoms with Crippen LogP contribution in [-0.4, -0.2) is 10.8 Å². The molecule has 0 bridgehead atoms. The summed E-state index contributed by atoms with van der Waals surface area (Å²) in [4.78, 5) is 16.2. The molecular formula is C18H12FNO. The molecule has 1 aromatic heterocycles. The molecule has 102 valence electrons. The van der Waals surface area contributed by atoms with Crippen molar-refractivity contribution < 1.29 is 9.18 Å². The molecule has 0 spiro atoms. The molecule has 0 aliphatic rings. The molecule has 0 fully saturated rings. The first kappa shape index (κ1) is 13.2. The normalized spacial score (nSPS) is 11.1. The van der Waals surface area contributed by atoms with E-state index in [1.54, 1.807) is 12.3 Å². The second kappa shape index (κ2) is 5.67. The lowest BCUT2D eigenvalue weighted by atomic mass is 10.1. The number of hydrogen-bond donors (Lipinski definition) is 0. The maximum Gasteiger partial charge on any atom is 0.185 e. The molecule has 0 unspecified atom stereocenters. The van der Waals surface area contributed by atoms with Gasteiger partial charge in [-0.1, -0.05) is 18.2 Å². The van der Waals surface area contributed by atoms with Crippen LogP contribution in [0.3, 0.4) is 0 Å². The quantitative estimate of drug-likeness (QED) is 0.528. The van der Waals surface area contributed by atoms with E-state index in [-0.39, 0.29) is 11.6 Å². The average Bonchev–Trinajstić information content (AvgIpc) is 2.53. The molecular weight excluding hydrogens is 265 g/mol. The monoisotopic (exact) mass is 277 g/mol. The minimum Gasteiger partial charge on any atom is -0.289 e. The number of hydrogen-bond acceptors (Lipinski definition) is 2. The second-order valence-corrected chi connectivity index (χ2v) is 4.66. The predicted octanol–water partition coefficient (Wildman–Crippen LogP) is 4.27. The molecule has 0 saturated heterocycles. The maximum absolute atomic E-state index is 12.8. The molecule has 0 atom stereocenters. The Morgan fingerprint density at radius 1 is 1.05 bits per heavy atom. The van der Waals surface area contributed by atoms with Crippen molar-refractivity contribution in [1.29, 1.82) is 0 Å². The lowest BCUT2D eigenvalue weighted by Gasteiger charge is -1.99. The zero-order valence-corrected chi connectivity index (χ0v) is 11.2. The van der Waals surface area contributed by atoms with Crippen molar-refractivity contribution in [2.75, 3.05) is 0 Å². The Balaban J connectivity index is 1.83. The third kappa shape index (κ3) is 3.03. The van der Waals surface area contributed by atoms with Gasteiger partial charge in [-0.05, 0) is 54.1 Å². The van der Waals surface area contributed by atoms with Crippen molar-refractivity contribution >= 4 is 22.8 Å². The minimum atomic E-state index is -0.349. The highest BCUT2D eigenvalue weighted by molar-refractivity contribution is 6.06. The van der Waals surface area contributed by atoms with Gasteiger partial charge in [-0.3, -0.25) is 9.78 Å². The van der Waals surface area contributed by atoms with E-state index in [2.05, 4.69) is 4.98 Å². The summed E-state index contributed by atoms with van der Waals surface area (Å²) in [5.74, 6) is -0.501. The highest BCUT2D eigenvalue weighted by Gasteiger charge is 2.01. The standard InChI is InChI=1S/C18H12FNO/c19-16-7-5-14(6-8-16)18(21)10-4-13-3-9-17-15(12-13)2-1-11-20-17/h1-12H/b10-4+. The summed E-state index contributed by atoms with van der Waals surface area (Å²) in [6.07, 6.45) is 4.98. The number of ketones is 1. The van der Waals surface area contributed by atoms with Gasteiger partial charge in [0.2, 0.25) is 0 Å². The smallest absolute Gasteiger partial charge is 0.185 e. The van der Waals surface area contributed by atoms with E-state index in [0.717, 1.165) is 16.5 Å². The molecule has 3 aromatic rings. The number of benzene rings is 2. The third-order valence-corrected chi connectivity index (χ3v) is 3.18. The summed E-state index contributed by atoms with van der Waals surface area (Å²) >= 11 is 0. The molecule has 3 rings (SSSR count). The van der Waals surface area contributed by atoms with Crippen LogP contribution in [0.5, 0.6) is 0 Å². The van der Waals surface area contributed by atoms with Crippen LogP contribution in [0, 0.1) is 5.82 Å². The Kier molecular flexibility index (Phi) is 3.56. The highest BCUT2D eigenvalue weighted by Crippen LogP contribution is 2.15. The Bertz CT molecular complexity index is 822. The van der Waals surface area contributed by atoms with E-state index in [4.69, 9.17) is 0 Å². The topological polar surface area (TPSA) is 30.0 Å². The lowest BCUT2D eigenvalue weighted by molar-refractivity contribution is 0.104. The van der Waals surface area contributed by atoms with Crippen LogP contribution in [0.25, 0.3) is 17.0 Å². The summed E-state index contributed by atoms with van der Waals surface area (Å²) in [5.41, 5.74) is 2.31. The molecule has 21 heavy (non-hydrogen) atoms. The zero-order chi connectivity index (χ0) is 14.7. The Morgan fingerprint density at radius 2 is 1.86 bits per heavy atom. The fourth-order valence-corrected chi connectivity index (χ4v) is 2.08. The van der Waals surface area contributed by atoms with Crippen LogP contribution in [0.4, 0.5) is 4.39 Å². The Morgan fingerprint density at radius 3 is 2.67 bits per heavy atom. The summed E-state index contributed by atoms with van der Waals surface area (Å²) in [5, 5.41) is 1.02. The number of allylic oxidation sites excluding steroid dienone is 1. The highest BCUT2D eigenvalue weighted by atomic mass is 19.1. The van der Waals surface area contributed by atoms with Crippen molar-refractivity contribution in [2.24, 2.45) is 0 Å². The van der Waals surface area contributed by atoms with Gasteiger partial charge < -0.3 is 0 Å². The van der Waals surface area contributed by atoms with E-state index >= 15 is 0 Å². The van der Waals surface area contributed by atoms with Gasteiger partial charge >= 0.3 is 0 Å². The molecule has 0 saturated carbocycles. The Labute approximate surface area is 121 Å². The first-order chi connectivity index (χ1) is 10.2. The number of halogens is 1. The van der Waals surface area contributed by atoms with E-state index < -0.39 is 0 Å². The number of carbonyl (C=O) groups excluding carboxylic acids is 1. The summed E-state index contributed by atoms with van der Waals surface area (Å²) in [6, 6.07) is 15.2. The van der Waals surface area contributed by atoms with Crippen molar-refractivity contribution in [3.63, 3.8) is 0 Å². The summed E-state index contributed by atoms with van der Waals surface area (Å²) < 4.78 is 12.8. The number of pyridine rings is 1. The van der Waals surface area contributed by atoms with Crippen LogP contribution in [0.15, 0.2) is 66.9 Å². The largest absolute Gasteiger partial charge is 0.289 e. The second-order valence-electron chi connectivity index (χ2n) is 4.66. The van der Waals surface area contributed by atoms with Crippen molar-refractivity contribution in [3.05, 3.63) is 83.8 Å². The first-order valence-electron chi connectivity index (χ1n) is 6.55. The van der Waals surface area contributed by atoms with Gasteiger partial charge in [0.15, 0.2) is 5.78 Å². The van der Waals surface area contributed by atoms with Crippen LogP contribution in [0.2, 0.25) is 0 Å². The fraction of sp³-hybridized carbons (Fsp3) is 0. The van der Waals surface area contributed by atoms with Gasteiger partial charge in [-0.2, -0.15) is 0 Å². The number of carbonyl (C=O) groups is 1. The van der Waals surface area contributed by atoms with Crippen LogP contribution in [0.1, 0.15) is 15.9 Å². The van der Waals surface area contributed by atoms with E-state index in [1.165, 1.54) is 30.3 Å². The fourth-order valence-electron chi connectivity index (χ4n) is 2.08. The van der Waals surface area contributed by atoms with Gasteiger partial charge in [0, 0.05) is 17.1 Å². The van der Waals surface area contributed by atoms with E-state index in [0.29, 0.717) is 5.56 Å². The molecule has 0 N–H and O–H groups in total. The van der Waals surface area contributed by atoms with Crippen LogP contribution >= 0.6 is 0 Å². The summed E-state index contributed by atoms with van der Waals surface area (Å²) in [6.45, 7) is 0. The van der Waals surface area contributed by atoms with Gasteiger partial charge in [-0.25, -0.2) is 4.39 Å². The van der Waals surface area contributed by atoms with Crippen molar-refractivity contribution in [3.8, 4) is 0 Å². The summed E-state index contributed by atoms with van der Waals surface area (Å²) in [7, 11) is 0. The molecule has 2 aromatic carbocycles. The average molecular weight is 277 g/mol. The lowest BCUT2D eigenvalue weighted by Crippen LogP contribution is -1.93. The zero-order valence-electron chi connectivity index (χ0n) is 11.2. The molecule has 0 aliphatic heterocycles. The number of aromatic nitrogens is 1. The molecule has 2 nitrogen and oxygen atoms in total. The first-order valence-corrected chi connectivity index (χ1v) is 6.55. The van der Waals surface area contributed by atoms with Gasteiger partial charge in [0.25, 0.3) is 0 Å².